The molecule has 1 unspecified atom stereocenters. The average molecular weight is 127 g/mol. The van der Waals surface area contributed by atoms with E-state index in [1.807, 2.05) is 6.92 Å². The molecule has 0 aromatic carbocycles. The van der Waals surface area contributed by atoms with E-state index in [0.29, 0.717) is 0 Å². The number of ether oxygens (including phenoxy) is 1. The molecule has 1 aliphatic rings. The van der Waals surface area contributed by atoms with Crippen molar-refractivity contribution in [1.29, 1.82) is 0 Å². The highest BCUT2D eigenvalue weighted by Crippen LogP contribution is 2.04. The van der Waals surface area contributed by atoms with Gasteiger partial charge >= 0.3 is 0 Å². The summed E-state index contributed by atoms with van der Waals surface area (Å²) in [6, 6.07) is 0. The molecule has 1 aliphatic heterocycles. The van der Waals surface area contributed by atoms with E-state index in [-0.39, 0.29) is 6.23 Å². The van der Waals surface area contributed by atoms with Gasteiger partial charge in [0.1, 0.15) is 6.23 Å². The van der Waals surface area contributed by atoms with Gasteiger partial charge in [0.25, 0.3) is 0 Å². The van der Waals surface area contributed by atoms with Crippen molar-refractivity contribution in [3.8, 4) is 0 Å². The van der Waals surface area contributed by atoms with Gasteiger partial charge in [0, 0.05) is 0 Å². The maximum absolute atomic E-state index is 5.33. The third-order valence-corrected chi connectivity index (χ3v) is 1.38. The van der Waals surface area contributed by atoms with Crippen LogP contribution >= 0.6 is 0 Å². The number of nitrogens with one attached hydrogen (secondary N) is 1. The molecule has 0 saturated carbocycles. The lowest BCUT2D eigenvalue weighted by molar-refractivity contribution is 0.0254. The van der Waals surface area contributed by atoms with Gasteiger partial charge in [-0.05, 0) is 25.5 Å². The van der Waals surface area contributed by atoms with Crippen molar-refractivity contribution >= 4 is 0 Å². The molecule has 1 rings (SSSR count). The summed E-state index contributed by atoms with van der Waals surface area (Å²) in [7, 11) is 0. The molecule has 1 fully saturated rings. The van der Waals surface area contributed by atoms with E-state index in [1.165, 1.54) is 0 Å². The summed E-state index contributed by atoms with van der Waals surface area (Å²) in [6.45, 7) is 7.69. The van der Waals surface area contributed by atoms with Gasteiger partial charge in [-0.3, -0.25) is 5.32 Å². The van der Waals surface area contributed by atoms with Crippen LogP contribution in [0.15, 0.2) is 12.2 Å². The molecule has 1 saturated heterocycles. The molecule has 0 amide bonds. The van der Waals surface area contributed by atoms with Crippen LogP contribution < -0.4 is 5.32 Å². The molecule has 0 bridgehead atoms. The number of hydrogen-bond acceptors (Lipinski definition) is 2. The molecular weight excluding hydrogens is 114 g/mol. The van der Waals surface area contributed by atoms with E-state index in [0.717, 1.165) is 25.1 Å². The first-order valence-corrected chi connectivity index (χ1v) is 3.31. The fourth-order valence-corrected chi connectivity index (χ4v) is 0.882. The largest absolute Gasteiger partial charge is 0.359 e. The molecule has 0 aliphatic carbocycles. The molecule has 0 aromatic heterocycles. The minimum atomic E-state index is 0.110. The Labute approximate surface area is 55.9 Å². The zero-order valence-corrected chi connectivity index (χ0v) is 5.81. The third kappa shape index (κ3) is 1.80. The fourth-order valence-electron chi connectivity index (χ4n) is 0.882. The van der Waals surface area contributed by atoms with E-state index in [9.17, 15) is 0 Å². The average Bonchev–Trinajstić information content (AvgIpc) is 1.90. The summed E-state index contributed by atoms with van der Waals surface area (Å²) in [6.07, 6.45) is 1.22. The lowest BCUT2D eigenvalue weighted by Gasteiger charge is -2.23. The lowest BCUT2D eigenvalue weighted by Crippen LogP contribution is -2.38. The van der Waals surface area contributed by atoms with Gasteiger partial charge in [-0.25, -0.2) is 0 Å². The number of hydrogen-bond donors (Lipinski definition) is 1. The molecule has 1 atom stereocenters. The van der Waals surface area contributed by atoms with E-state index in [2.05, 4.69) is 11.9 Å². The van der Waals surface area contributed by atoms with Crippen LogP contribution in [0.4, 0.5) is 0 Å². The van der Waals surface area contributed by atoms with Crippen molar-refractivity contribution in [2.45, 2.75) is 19.6 Å². The van der Waals surface area contributed by atoms with Crippen LogP contribution in [0, 0.1) is 0 Å². The van der Waals surface area contributed by atoms with E-state index in [4.69, 9.17) is 4.74 Å². The second kappa shape index (κ2) is 2.99. The predicted octanol–water partition coefficient (Wildman–Crippen LogP) is 0.898. The van der Waals surface area contributed by atoms with Gasteiger partial charge in [0.05, 0.1) is 6.61 Å². The van der Waals surface area contributed by atoms with Gasteiger partial charge in [-0.15, -0.1) is 0 Å². The highest BCUT2D eigenvalue weighted by Gasteiger charge is 2.11. The van der Waals surface area contributed by atoms with Crippen LogP contribution in [0.2, 0.25) is 0 Å². The van der Waals surface area contributed by atoms with Crippen molar-refractivity contribution < 1.29 is 4.74 Å². The Morgan fingerprint density at radius 3 is 2.89 bits per heavy atom. The van der Waals surface area contributed by atoms with E-state index in [1.54, 1.807) is 0 Å². The summed E-state index contributed by atoms with van der Waals surface area (Å²) >= 11 is 0. The van der Waals surface area contributed by atoms with Gasteiger partial charge in [-0.1, -0.05) is 6.58 Å². The molecule has 9 heavy (non-hydrogen) atoms. The maximum atomic E-state index is 5.33. The highest BCUT2D eigenvalue weighted by molar-refractivity contribution is 4.97. The first-order chi connectivity index (χ1) is 4.30. The SMILES string of the molecule is C=C(C)C1NCCCO1. The van der Waals surface area contributed by atoms with Crippen LogP contribution in [-0.4, -0.2) is 19.4 Å². The van der Waals surface area contributed by atoms with E-state index < -0.39 is 0 Å². The molecule has 1 heterocycles. The Morgan fingerprint density at radius 1 is 1.78 bits per heavy atom. The first-order valence-electron chi connectivity index (χ1n) is 3.31. The Balaban J connectivity index is 2.31. The standard InChI is InChI=1S/C7H13NO/c1-6(2)7-8-4-3-5-9-7/h7-8H,1,3-5H2,2H3. The van der Waals surface area contributed by atoms with Gasteiger partial charge in [0.15, 0.2) is 0 Å². The quantitative estimate of drug-likeness (QED) is 0.528. The predicted molar refractivity (Wildman–Crippen MR) is 37.2 cm³/mol. The molecule has 0 aromatic rings. The lowest BCUT2D eigenvalue weighted by atomic mass is 10.2. The van der Waals surface area contributed by atoms with Gasteiger partial charge in [0.2, 0.25) is 0 Å². The van der Waals surface area contributed by atoms with Gasteiger partial charge < -0.3 is 4.74 Å². The zero-order chi connectivity index (χ0) is 6.69. The molecular formula is C7H13NO. The summed E-state index contributed by atoms with van der Waals surface area (Å²) < 4.78 is 5.33. The van der Waals surface area contributed by atoms with Crippen LogP contribution in [-0.2, 0) is 4.74 Å². The summed E-state index contributed by atoms with van der Waals surface area (Å²) in [4.78, 5) is 0. The monoisotopic (exact) mass is 127 g/mol. The minimum Gasteiger partial charge on any atom is -0.359 e. The Bertz CT molecular complexity index is 105. The van der Waals surface area contributed by atoms with Gasteiger partial charge in [-0.2, -0.15) is 0 Å². The number of rotatable bonds is 1. The van der Waals surface area contributed by atoms with Crippen molar-refractivity contribution in [2.24, 2.45) is 0 Å². The van der Waals surface area contributed by atoms with Crippen molar-refractivity contribution in [3.05, 3.63) is 12.2 Å². The van der Waals surface area contributed by atoms with Crippen molar-refractivity contribution in [2.75, 3.05) is 13.2 Å². The molecule has 1 N–H and O–H groups in total. The van der Waals surface area contributed by atoms with Crippen LogP contribution in [0.25, 0.3) is 0 Å². The third-order valence-electron chi connectivity index (χ3n) is 1.38. The molecule has 0 radical (unpaired) electrons. The van der Waals surface area contributed by atoms with Crippen LogP contribution in [0.1, 0.15) is 13.3 Å². The summed E-state index contributed by atoms with van der Waals surface area (Å²) in [5, 5.41) is 3.20. The van der Waals surface area contributed by atoms with Crippen molar-refractivity contribution in [3.63, 3.8) is 0 Å². The maximum Gasteiger partial charge on any atom is 0.129 e. The molecule has 2 heteroatoms. The molecule has 52 valence electrons. The second-order valence-electron chi connectivity index (χ2n) is 2.40. The smallest absolute Gasteiger partial charge is 0.129 e. The first kappa shape index (κ1) is 6.78. The molecule has 2 nitrogen and oxygen atoms in total. The topological polar surface area (TPSA) is 21.3 Å². The Hall–Kier alpha value is -0.340. The van der Waals surface area contributed by atoms with Crippen molar-refractivity contribution in [1.82, 2.24) is 5.32 Å². The Morgan fingerprint density at radius 2 is 2.56 bits per heavy atom. The highest BCUT2D eigenvalue weighted by atomic mass is 16.5. The van der Waals surface area contributed by atoms with Crippen LogP contribution in [0.3, 0.4) is 0 Å². The summed E-state index contributed by atoms with van der Waals surface area (Å²) in [5.74, 6) is 0. The second-order valence-corrected chi connectivity index (χ2v) is 2.40. The summed E-state index contributed by atoms with van der Waals surface area (Å²) in [5.41, 5.74) is 1.06. The minimum absolute atomic E-state index is 0.110. The zero-order valence-electron chi connectivity index (χ0n) is 5.81. The fraction of sp³-hybridized carbons (Fsp3) is 0.714. The normalized spacial score (nSPS) is 27.9. The molecule has 0 spiro atoms. The Kier molecular flexibility index (Phi) is 2.25. The van der Waals surface area contributed by atoms with E-state index >= 15 is 0 Å². The van der Waals surface area contributed by atoms with Crippen LogP contribution in [0.5, 0.6) is 0 Å².